The fraction of sp³-hybridized carbons (Fsp3) is 0.667. The molecule has 0 atom stereocenters. The molecule has 0 unspecified atom stereocenters. The van der Waals surface area contributed by atoms with Crippen LogP contribution in [0.25, 0.3) is 0 Å². The summed E-state index contributed by atoms with van der Waals surface area (Å²) in [6.07, 6.45) is 4.22. The van der Waals surface area contributed by atoms with Crippen molar-refractivity contribution in [3.8, 4) is 0 Å². The van der Waals surface area contributed by atoms with Crippen LogP contribution in [-0.2, 0) is 17.9 Å². The largest absolute Gasteiger partial charge is 0.334 e. The molecule has 1 aromatic rings. The van der Waals surface area contributed by atoms with Crippen LogP contribution >= 0.6 is 11.6 Å². The molecule has 0 N–H and O–H groups in total. The van der Waals surface area contributed by atoms with E-state index >= 15 is 0 Å². The van der Waals surface area contributed by atoms with E-state index in [1.165, 1.54) is 0 Å². The first-order valence-corrected chi connectivity index (χ1v) is 6.57. The van der Waals surface area contributed by atoms with Crippen LogP contribution in [0.1, 0.15) is 31.0 Å². The van der Waals surface area contributed by atoms with Gasteiger partial charge in [0.25, 0.3) is 0 Å². The van der Waals surface area contributed by atoms with E-state index in [0.29, 0.717) is 12.6 Å². The molecule has 0 radical (unpaired) electrons. The Balaban J connectivity index is 2.11. The first-order chi connectivity index (χ1) is 8.15. The standard InChI is InChI=1S/C12H18ClN3O/c1-3-15-7-10(9(2)14-15)8-16(11-4-5-11)12(17)6-13/h7,11H,3-6,8H2,1-2H3. The van der Waals surface area contributed by atoms with Crippen molar-refractivity contribution >= 4 is 17.5 Å². The second-order valence-electron chi connectivity index (χ2n) is 4.48. The molecule has 5 heteroatoms. The highest BCUT2D eigenvalue weighted by atomic mass is 35.5. The van der Waals surface area contributed by atoms with Crippen molar-refractivity contribution < 1.29 is 4.79 Å². The van der Waals surface area contributed by atoms with Gasteiger partial charge in [-0.2, -0.15) is 5.10 Å². The van der Waals surface area contributed by atoms with Gasteiger partial charge in [-0.15, -0.1) is 11.6 Å². The maximum Gasteiger partial charge on any atom is 0.238 e. The molecule has 4 nitrogen and oxygen atoms in total. The van der Waals surface area contributed by atoms with Gasteiger partial charge in [0, 0.05) is 30.9 Å². The molecule has 0 aliphatic heterocycles. The van der Waals surface area contributed by atoms with Crippen LogP contribution in [0.2, 0.25) is 0 Å². The van der Waals surface area contributed by atoms with E-state index in [2.05, 4.69) is 12.0 Å². The predicted octanol–water partition coefficient (Wildman–Crippen LogP) is 1.94. The van der Waals surface area contributed by atoms with E-state index in [1.54, 1.807) is 0 Å². The van der Waals surface area contributed by atoms with Crippen molar-refractivity contribution in [2.75, 3.05) is 5.88 Å². The number of halogens is 1. The van der Waals surface area contributed by atoms with Crippen LogP contribution in [0, 0.1) is 6.92 Å². The third-order valence-corrected chi connectivity index (χ3v) is 3.36. The van der Waals surface area contributed by atoms with E-state index < -0.39 is 0 Å². The summed E-state index contributed by atoms with van der Waals surface area (Å²) in [5.74, 6) is 0.0927. The smallest absolute Gasteiger partial charge is 0.238 e. The monoisotopic (exact) mass is 255 g/mol. The fourth-order valence-corrected chi connectivity index (χ4v) is 2.10. The molecule has 0 saturated heterocycles. The number of hydrogen-bond acceptors (Lipinski definition) is 2. The van der Waals surface area contributed by atoms with Crippen molar-refractivity contribution in [3.05, 3.63) is 17.5 Å². The zero-order chi connectivity index (χ0) is 12.4. The van der Waals surface area contributed by atoms with Crippen molar-refractivity contribution in [2.45, 2.75) is 45.8 Å². The Morgan fingerprint density at radius 3 is 2.82 bits per heavy atom. The molecule has 17 heavy (non-hydrogen) atoms. The van der Waals surface area contributed by atoms with Gasteiger partial charge < -0.3 is 4.90 Å². The molecule has 0 spiro atoms. The van der Waals surface area contributed by atoms with Crippen LogP contribution in [-0.4, -0.2) is 32.5 Å². The number of amides is 1. The van der Waals surface area contributed by atoms with Crippen LogP contribution in [0.15, 0.2) is 6.20 Å². The second-order valence-corrected chi connectivity index (χ2v) is 4.75. The molecule has 94 valence electrons. The molecule has 1 fully saturated rings. The SMILES string of the molecule is CCn1cc(CN(C(=O)CCl)C2CC2)c(C)n1. The highest BCUT2D eigenvalue weighted by Crippen LogP contribution is 2.29. The van der Waals surface area contributed by atoms with E-state index in [0.717, 1.165) is 30.6 Å². The van der Waals surface area contributed by atoms with Gasteiger partial charge in [-0.3, -0.25) is 9.48 Å². The van der Waals surface area contributed by atoms with Gasteiger partial charge in [-0.25, -0.2) is 0 Å². The van der Waals surface area contributed by atoms with Crippen molar-refractivity contribution in [3.63, 3.8) is 0 Å². The number of rotatable bonds is 5. The summed E-state index contributed by atoms with van der Waals surface area (Å²) < 4.78 is 1.90. The third kappa shape index (κ3) is 2.80. The lowest BCUT2D eigenvalue weighted by Crippen LogP contribution is -2.33. The zero-order valence-electron chi connectivity index (χ0n) is 10.3. The molecule has 0 aromatic carbocycles. The minimum atomic E-state index is 0.0258. The molecule has 1 aliphatic rings. The lowest BCUT2D eigenvalue weighted by atomic mass is 10.2. The average Bonchev–Trinajstić information content (AvgIpc) is 3.10. The van der Waals surface area contributed by atoms with Crippen LogP contribution in [0.4, 0.5) is 0 Å². The normalized spacial score (nSPS) is 15.0. The molecule has 0 bridgehead atoms. The maximum absolute atomic E-state index is 11.8. The second kappa shape index (κ2) is 5.08. The summed E-state index contributed by atoms with van der Waals surface area (Å²) in [5, 5.41) is 4.39. The lowest BCUT2D eigenvalue weighted by Gasteiger charge is -2.20. The number of alkyl halides is 1. The fourth-order valence-electron chi connectivity index (χ4n) is 1.94. The number of carbonyl (C=O) groups excluding carboxylic acids is 1. The van der Waals surface area contributed by atoms with Gasteiger partial charge in [-0.1, -0.05) is 0 Å². The summed E-state index contributed by atoms with van der Waals surface area (Å²) in [6.45, 7) is 5.53. The highest BCUT2D eigenvalue weighted by Gasteiger charge is 2.32. The van der Waals surface area contributed by atoms with E-state index in [9.17, 15) is 4.79 Å². The Hall–Kier alpha value is -1.03. The molecule has 1 amide bonds. The number of aryl methyl sites for hydroxylation is 2. The number of carbonyl (C=O) groups is 1. The summed E-state index contributed by atoms with van der Waals surface area (Å²) in [5.41, 5.74) is 2.12. The summed E-state index contributed by atoms with van der Waals surface area (Å²) in [7, 11) is 0. The van der Waals surface area contributed by atoms with Gasteiger partial charge in [0.1, 0.15) is 5.88 Å². The number of nitrogens with zero attached hydrogens (tertiary/aromatic N) is 3. The average molecular weight is 256 g/mol. The van der Waals surface area contributed by atoms with E-state index in [4.69, 9.17) is 11.6 Å². The van der Waals surface area contributed by atoms with Crippen molar-refractivity contribution in [1.29, 1.82) is 0 Å². The van der Waals surface area contributed by atoms with E-state index in [1.807, 2.05) is 22.7 Å². The van der Waals surface area contributed by atoms with Gasteiger partial charge in [0.15, 0.2) is 0 Å². The van der Waals surface area contributed by atoms with Crippen molar-refractivity contribution in [2.24, 2.45) is 0 Å². The van der Waals surface area contributed by atoms with Gasteiger partial charge in [0.2, 0.25) is 5.91 Å². The summed E-state index contributed by atoms with van der Waals surface area (Å²) in [6, 6.07) is 0.394. The van der Waals surface area contributed by atoms with Gasteiger partial charge >= 0.3 is 0 Å². The molecular formula is C12H18ClN3O. The first-order valence-electron chi connectivity index (χ1n) is 6.04. The first kappa shape index (κ1) is 12.4. The number of hydrogen-bond donors (Lipinski definition) is 0. The maximum atomic E-state index is 11.8. The molecule has 1 heterocycles. The molecule has 2 rings (SSSR count). The van der Waals surface area contributed by atoms with E-state index in [-0.39, 0.29) is 11.8 Å². The van der Waals surface area contributed by atoms with Crippen LogP contribution < -0.4 is 0 Å². The Labute approximate surface area is 107 Å². The third-order valence-electron chi connectivity index (χ3n) is 3.14. The Morgan fingerprint density at radius 2 is 2.35 bits per heavy atom. The van der Waals surface area contributed by atoms with Crippen LogP contribution in [0.3, 0.4) is 0 Å². The minimum absolute atomic E-state index is 0.0258. The van der Waals surface area contributed by atoms with Gasteiger partial charge in [0.05, 0.1) is 5.69 Å². The minimum Gasteiger partial charge on any atom is -0.334 e. The Bertz CT molecular complexity index is 412. The van der Waals surface area contributed by atoms with Gasteiger partial charge in [-0.05, 0) is 26.7 Å². The van der Waals surface area contributed by atoms with Crippen LogP contribution in [0.5, 0.6) is 0 Å². The molecular weight excluding hydrogens is 238 g/mol. The molecule has 1 aromatic heterocycles. The quantitative estimate of drug-likeness (QED) is 0.755. The summed E-state index contributed by atoms with van der Waals surface area (Å²) in [4.78, 5) is 13.6. The molecule has 1 saturated carbocycles. The Kier molecular flexibility index (Phi) is 3.72. The predicted molar refractivity (Wildman–Crippen MR) is 66.9 cm³/mol. The zero-order valence-corrected chi connectivity index (χ0v) is 11.1. The summed E-state index contributed by atoms with van der Waals surface area (Å²) >= 11 is 5.65. The highest BCUT2D eigenvalue weighted by molar-refractivity contribution is 6.27. The Morgan fingerprint density at radius 1 is 1.65 bits per heavy atom. The topological polar surface area (TPSA) is 38.1 Å². The number of aromatic nitrogens is 2. The van der Waals surface area contributed by atoms with Crippen molar-refractivity contribution in [1.82, 2.24) is 14.7 Å². The molecule has 1 aliphatic carbocycles. The lowest BCUT2D eigenvalue weighted by molar-refractivity contribution is -0.129.